The Morgan fingerprint density at radius 1 is 1.14 bits per heavy atom. The second-order valence-electron chi connectivity index (χ2n) is 8.65. The summed E-state index contributed by atoms with van der Waals surface area (Å²) in [6.07, 6.45) is 3.43. The van der Waals surface area contributed by atoms with Crippen molar-refractivity contribution in [3.05, 3.63) is 45.9 Å². The predicted octanol–water partition coefficient (Wildman–Crippen LogP) is 1.87. The Kier molecular flexibility index (Phi) is 10.3. The number of nitrogens with zero attached hydrogens (tertiary/aromatic N) is 4. The molecule has 0 amide bonds. The summed E-state index contributed by atoms with van der Waals surface area (Å²) in [5.74, 6) is -0.0888. The fourth-order valence-electron chi connectivity index (χ4n) is 3.89. The number of aliphatic hydroxyl groups is 1. The average molecular weight is 501 g/mol. The van der Waals surface area contributed by atoms with Crippen LogP contribution in [0, 0.1) is 0 Å². The summed E-state index contributed by atoms with van der Waals surface area (Å²) >= 11 is 0. The Morgan fingerprint density at radius 2 is 1.86 bits per heavy atom. The van der Waals surface area contributed by atoms with Crippen LogP contribution in [0.3, 0.4) is 0 Å². The number of ether oxygens (including phenoxy) is 2. The number of aliphatic hydroxyl groups excluding tert-OH is 1. The van der Waals surface area contributed by atoms with Gasteiger partial charge in [0, 0.05) is 32.8 Å². The summed E-state index contributed by atoms with van der Waals surface area (Å²) in [5, 5.41) is 9.33. The van der Waals surface area contributed by atoms with Gasteiger partial charge in [-0.05, 0) is 30.4 Å². The molecule has 2 aromatic heterocycles. The number of carbonyl (C=O) groups is 1. The topological polar surface area (TPSA) is 149 Å². The van der Waals surface area contributed by atoms with Crippen LogP contribution in [-0.2, 0) is 29.0 Å². The van der Waals surface area contributed by atoms with Crippen molar-refractivity contribution in [2.75, 3.05) is 39.1 Å². The third kappa shape index (κ3) is 7.53. The predicted molar refractivity (Wildman–Crippen MR) is 137 cm³/mol. The van der Waals surface area contributed by atoms with Crippen molar-refractivity contribution in [2.24, 2.45) is 0 Å². The number of hydrogen-bond donors (Lipinski definition) is 3. The lowest BCUT2D eigenvalue weighted by molar-refractivity contribution is -0.139. The molecular formula is C25H36N6O5. The van der Waals surface area contributed by atoms with Gasteiger partial charge in [0.2, 0.25) is 0 Å². The molecule has 0 aliphatic heterocycles. The minimum atomic E-state index is -0.292. The number of H-pyrrole nitrogens is 1. The lowest BCUT2D eigenvalue weighted by Crippen LogP contribution is -2.28. The molecular weight excluding hydrogens is 464 g/mol. The van der Waals surface area contributed by atoms with Crippen LogP contribution in [0.4, 0.5) is 5.82 Å². The van der Waals surface area contributed by atoms with Crippen LogP contribution >= 0.6 is 0 Å². The molecule has 196 valence electrons. The Morgan fingerprint density at radius 3 is 2.56 bits per heavy atom. The number of aromatic nitrogens is 4. The van der Waals surface area contributed by atoms with E-state index >= 15 is 0 Å². The van der Waals surface area contributed by atoms with Crippen LogP contribution in [0.15, 0.2) is 29.1 Å². The van der Waals surface area contributed by atoms with E-state index in [1.165, 1.54) is 7.11 Å². The number of methoxy groups -OCH3 is 1. The van der Waals surface area contributed by atoms with Crippen molar-refractivity contribution >= 4 is 23.0 Å². The summed E-state index contributed by atoms with van der Waals surface area (Å²) in [5.41, 5.74) is 8.58. The van der Waals surface area contributed by atoms with Crippen molar-refractivity contribution in [3.8, 4) is 6.01 Å². The van der Waals surface area contributed by atoms with Crippen molar-refractivity contribution < 1.29 is 19.4 Å². The lowest BCUT2D eigenvalue weighted by atomic mass is 10.1. The number of aromatic amines is 1. The van der Waals surface area contributed by atoms with E-state index in [4.69, 9.17) is 15.2 Å². The van der Waals surface area contributed by atoms with Gasteiger partial charge in [-0.1, -0.05) is 37.6 Å². The van der Waals surface area contributed by atoms with Gasteiger partial charge in [-0.2, -0.15) is 9.97 Å². The molecule has 36 heavy (non-hydrogen) atoms. The summed E-state index contributed by atoms with van der Waals surface area (Å²) < 4.78 is 11.9. The number of nitrogens with two attached hydrogens (primary N) is 1. The van der Waals surface area contributed by atoms with Crippen LogP contribution in [0.1, 0.15) is 43.7 Å². The number of nitrogens with one attached hydrogen (secondary N) is 1. The highest BCUT2D eigenvalue weighted by Gasteiger charge is 2.15. The van der Waals surface area contributed by atoms with Crippen LogP contribution < -0.4 is 16.2 Å². The number of aryl methyl sites for hydroxylation is 1. The van der Waals surface area contributed by atoms with Crippen LogP contribution in [0.2, 0.25) is 0 Å². The number of benzene rings is 1. The van der Waals surface area contributed by atoms with Gasteiger partial charge in [-0.3, -0.25) is 14.3 Å². The van der Waals surface area contributed by atoms with Crippen molar-refractivity contribution in [2.45, 2.75) is 52.1 Å². The molecule has 11 nitrogen and oxygen atoms in total. The van der Waals surface area contributed by atoms with E-state index in [2.05, 4.69) is 26.8 Å². The van der Waals surface area contributed by atoms with Crippen LogP contribution in [0.25, 0.3) is 11.2 Å². The molecule has 0 saturated carbocycles. The molecule has 0 aliphatic rings. The first-order valence-corrected chi connectivity index (χ1v) is 12.3. The van der Waals surface area contributed by atoms with E-state index in [9.17, 15) is 14.7 Å². The highest BCUT2D eigenvalue weighted by atomic mass is 16.5. The van der Waals surface area contributed by atoms with Gasteiger partial charge in [0.15, 0.2) is 11.5 Å². The number of anilines is 1. The maximum Gasteiger partial charge on any atom is 0.327 e. The molecule has 3 rings (SSSR count). The summed E-state index contributed by atoms with van der Waals surface area (Å²) in [6.45, 7) is 5.21. The Hall–Kier alpha value is -3.44. The van der Waals surface area contributed by atoms with Gasteiger partial charge in [0.25, 0.3) is 0 Å². The Bertz CT molecular complexity index is 1170. The summed E-state index contributed by atoms with van der Waals surface area (Å²) in [4.78, 5) is 37.6. The maximum absolute atomic E-state index is 12.6. The molecule has 0 aliphatic carbocycles. The lowest BCUT2D eigenvalue weighted by Gasteiger charge is -2.22. The average Bonchev–Trinajstić information content (AvgIpc) is 3.19. The quantitative estimate of drug-likeness (QED) is 0.210. The molecule has 2 heterocycles. The highest BCUT2D eigenvalue weighted by molar-refractivity contribution is 5.81. The normalized spacial score (nSPS) is 11.3. The van der Waals surface area contributed by atoms with E-state index in [1.54, 1.807) is 4.57 Å². The summed E-state index contributed by atoms with van der Waals surface area (Å²) in [6, 6.07) is 8.00. The van der Waals surface area contributed by atoms with E-state index < -0.39 is 0 Å². The van der Waals surface area contributed by atoms with Gasteiger partial charge >= 0.3 is 17.7 Å². The van der Waals surface area contributed by atoms with E-state index in [0.717, 1.165) is 24.0 Å². The number of fused-ring (bicyclic) bond motifs is 1. The Balaban J connectivity index is 1.65. The molecule has 11 heteroatoms. The van der Waals surface area contributed by atoms with Crippen molar-refractivity contribution in [1.29, 1.82) is 0 Å². The maximum atomic E-state index is 12.6. The smallest absolute Gasteiger partial charge is 0.327 e. The van der Waals surface area contributed by atoms with Gasteiger partial charge in [-0.15, -0.1) is 0 Å². The molecule has 1 aromatic carbocycles. The molecule has 0 bridgehead atoms. The molecule has 0 saturated heterocycles. The highest BCUT2D eigenvalue weighted by Crippen LogP contribution is 2.18. The van der Waals surface area contributed by atoms with Gasteiger partial charge in [0.05, 0.1) is 20.1 Å². The first-order chi connectivity index (χ1) is 17.4. The molecule has 0 fully saturated rings. The summed E-state index contributed by atoms with van der Waals surface area (Å²) in [7, 11) is 1.38. The SMILES string of the molecule is CCCCOc1nc(N)c2[nH]c(=O)n(CCCN(CCCO)Cc3ccc(CC(=O)OC)cc3)c2n1. The zero-order chi connectivity index (χ0) is 25.9. The molecule has 3 aromatic rings. The number of unbranched alkanes of at least 4 members (excludes halogenated alkanes) is 1. The number of carbonyl (C=O) groups excluding carboxylic acids is 1. The molecule has 4 N–H and O–H groups in total. The van der Waals surface area contributed by atoms with Gasteiger partial charge < -0.3 is 25.3 Å². The first-order valence-electron chi connectivity index (χ1n) is 12.3. The van der Waals surface area contributed by atoms with Crippen LogP contribution in [-0.4, -0.2) is 68.9 Å². The second kappa shape index (κ2) is 13.6. The third-order valence-electron chi connectivity index (χ3n) is 5.85. The van der Waals surface area contributed by atoms with Crippen molar-refractivity contribution in [1.82, 2.24) is 24.4 Å². The zero-order valence-electron chi connectivity index (χ0n) is 21.0. The number of rotatable bonds is 15. The molecule has 0 spiro atoms. The van der Waals surface area contributed by atoms with Crippen molar-refractivity contribution in [3.63, 3.8) is 0 Å². The minimum Gasteiger partial charge on any atom is -0.469 e. The fourth-order valence-corrected chi connectivity index (χ4v) is 3.89. The minimum absolute atomic E-state index is 0.105. The standard InChI is InChI=1S/C25H36N6O5/c1-3-4-15-36-24-28-22(26)21-23(29-24)31(25(34)27-21)13-5-11-30(12-6-14-32)17-19-9-7-18(8-10-19)16-20(33)35-2/h7-10,32H,3-6,11-17H2,1-2H3,(H,27,34)(H2,26,28,29). The van der Waals surface area contributed by atoms with E-state index in [0.29, 0.717) is 56.8 Å². The largest absolute Gasteiger partial charge is 0.469 e. The number of nitrogen functional groups attached to an aromatic ring is 1. The molecule has 0 unspecified atom stereocenters. The van der Waals surface area contributed by atoms with E-state index in [-0.39, 0.29) is 36.5 Å². The zero-order valence-corrected chi connectivity index (χ0v) is 21.0. The van der Waals surface area contributed by atoms with Gasteiger partial charge in [-0.25, -0.2) is 4.79 Å². The first kappa shape index (κ1) is 27.2. The second-order valence-corrected chi connectivity index (χ2v) is 8.65. The van der Waals surface area contributed by atoms with Crippen LogP contribution in [0.5, 0.6) is 6.01 Å². The number of imidazole rings is 1. The van der Waals surface area contributed by atoms with E-state index in [1.807, 2.05) is 24.3 Å². The van der Waals surface area contributed by atoms with Gasteiger partial charge in [0.1, 0.15) is 5.52 Å². The molecule has 0 atom stereocenters. The fraction of sp³-hybridized carbons (Fsp3) is 0.520. The number of hydrogen-bond acceptors (Lipinski definition) is 9. The number of esters is 1. The third-order valence-corrected chi connectivity index (χ3v) is 5.85. The molecule has 0 radical (unpaired) electrons. The Labute approximate surface area is 210 Å². The monoisotopic (exact) mass is 500 g/mol.